The van der Waals surface area contributed by atoms with Crippen molar-refractivity contribution in [2.24, 2.45) is 0 Å². The molecule has 1 saturated heterocycles. The lowest BCUT2D eigenvalue weighted by molar-refractivity contribution is 0.127. The highest BCUT2D eigenvalue weighted by Gasteiger charge is 2.25. The summed E-state index contributed by atoms with van der Waals surface area (Å²) in [6.07, 6.45) is 1.42. The average molecular weight is 314 g/mol. The van der Waals surface area contributed by atoms with Crippen LogP contribution in [0.5, 0.6) is 0 Å². The Bertz CT molecular complexity index is 458. The minimum atomic E-state index is 0.122. The Hall–Kier alpha value is -0.220. The Morgan fingerprint density at radius 2 is 2.15 bits per heavy atom. The van der Waals surface area contributed by atoms with Gasteiger partial charge < -0.3 is 10.1 Å². The molecule has 0 bridgehead atoms. The van der Waals surface area contributed by atoms with Gasteiger partial charge in [0, 0.05) is 28.8 Å². The van der Waals surface area contributed by atoms with Crippen molar-refractivity contribution in [1.29, 1.82) is 0 Å². The monoisotopic (exact) mass is 313 g/mol. The Morgan fingerprint density at radius 3 is 2.70 bits per heavy atom. The molecule has 20 heavy (non-hydrogen) atoms. The molecule has 0 aromatic heterocycles. The molecule has 2 rings (SSSR count). The maximum absolute atomic E-state index is 6.42. The molecule has 1 aliphatic rings. The van der Waals surface area contributed by atoms with Crippen LogP contribution >= 0.6 is 23.4 Å². The van der Waals surface area contributed by atoms with Crippen LogP contribution in [0, 0.1) is 0 Å². The topological polar surface area (TPSA) is 21.3 Å². The molecule has 0 spiro atoms. The van der Waals surface area contributed by atoms with Crippen LogP contribution < -0.4 is 5.32 Å². The summed E-state index contributed by atoms with van der Waals surface area (Å²) in [5.74, 6) is 0. The Labute approximate surface area is 131 Å². The molecule has 4 heteroatoms. The van der Waals surface area contributed by atoms with E-state index in [2.05, 4.69) is 51.2 Å². The first-order valence-electron chi connectivity index (χ1n) is 7.17. The highest BCUT2D eigenvalue weighted by Crippen LogP contribution is 2.36. The zero-order valence-corrected chi connectivity index (χ0v) is 14.3. The molecular formula is C16H24ClNOS. The Morgan fingerprint density at radius 1 is 1.40 bits per heavy atom. The van der Waals surface area contributed by atoms with Crippen molar-refractivity contribution in [1.82, 2.24) is 5.32 Å². The van der Waals surface area contributed by atoms with Gasteiger partial charge in [-0.1, -0.05) is 17.7 Å². The van der Waals surface area contributed by atoms with E-state index in [1.54, 1.807) is 0 Å². The minimum Gasteiger partial charge on any atom is -0.377 e. The summed E-state index contributed by atoms with van der Waals surface area (Å²) < 4.78 is 5.60. The molecule has 1 aromatic rings. The molecule has 1 fully saturated rings. The van der Waals surface area contributed by atoms with Crippen molar-refractivity contribution in [3.05, 3.63) is 28.8 Å². The van der Waals surface area contributed by atoms with E-state index >= 15 is 0 Å². The second-order valence-electron chi connectivity index (χ2n) is 6.39. The average Bonchev–Trinajstić information content (AvgIpc) is 2.75. The van der Waals surface area contributed by atoms with Crippen molar-refractivity contribution in [3.8, 4) is 0 Å². The van der Waals surface area contributed by atoms with Gasteiger partial charge in [-0.05, 0) is 51.8 Å². The zero-order valence-electron chi connectivity index (χ0n) is 12.7. The van der Waals surface area contributed by atoms with Gasteiger partial charge in [-0.15, -0.1) is 11.8 Å². The van der Waals surface area contributed by atoms with E-state index in [1.165, 1.54) is 5.56 Å². The zero-order chi connectivity index (χ0) is 14.8. The summed E-state index contributed by atoms with van der Waals surface area (Å²) in [7, 11) is 0. The van der Waals surface area contributed by atoms with Crippen LogP contribution in [0.25, 0.3) is 0 Å². The molecule has 1 aliphatic heterocycles. The van der Waals surface area contributed by atoms with E-state index in [0.717, 1.165) is 29.5 Å². The SMILES string of the molecule is CC1OCCC1Sc1ccc(CNC(C)(C)C)cc1Cl. The molecule has 0 saturated carbocycles. The highest BCUT2D eigenvalue weighted by atomic mass is 35.5. The van der Waals surface area contributed by atoms with Gasteiger partial charge in [-0.2, -0.15) is 0 Å². The summed E-state index contributed by atoms with van der Waals surface area (Å²) in [4.78, 5) is 1.16. The molecule has 1 N–H and O–H groups in total. The van der Waals surface area contributed by atoms with E-state index < -0.39 is 0 Å². The molecule has 0 amide bonds. The van der Waals surface area contributed by atoms with E-state index in [-0.39, 0.29) is 5.54 Å². The lowest BCUT2D eigenvalue weighted by Gasteiger charge is -2.21. The fourth-order valence-corrected chi connectivity index (χ4v) is 3.61. The number of ether oxygens (including phenoxy) is 1. The third-order valence-corrected chi connectivity index (χ3v) is 5.36. The summed E-state index contributed by atoms with van der Waals surface area (Å²) in [6, 6.07) is 6.37. The molecule has 0 aliphatic carbocycles. The predicted octanol–water partition coefficient (Wildman–Crippen LogP) is 4.50. The lowest BCUT2D eigenvalue weighted by atomic mass is 10.1. The summed E-state index contributed by atoms with van der Waals surface area (Å²) >= 11 is 8.26. The minimum absolute atomic E-state index is 0.122. The first kappa shape index (κ1) is 16.2. The van der Waals surface area contributed by atoms with E-state index in [9.17, 15) is 0 Å². The molecule has 2 nitrogen and oxygen atoms in total. The fourth-order valence-electron chi connectivity index (χ4n) is 2.15. The predicted molar refractivity (Wildman–Crippen MR) is 87.7 cm³/mol. The fraction of sp³-hybridized carbons (Fsp3) is 0.625. The maximum atomic E-state index is 6.42. The number of rotatable bonds is 4. The summed E-state index contributed by atoms with van der Waals surface area (Å²) in [5.41, 5.74) is 1.35. The smallest absolute Gasteiger partial charge is 0.0669 e. The Kier molecular flexibility index (Phi) is 5.41. The number of thioether (sulfide) groups is 1. The molecule has 1 heterocycles. The first-order chi connectivity index (χ1) is 9.35. The van der Waals surface area contributed by atoms with Crippen molar-refractivity contribution < 1.29 is 4.74 Å². The summed E-state index contributed by atoms with van der Waals surface area (Å²) in [6.45, 7) is 10.3. The van der Waals surface area contributed by atoms with Gasteiger partial charge in [-0.3, -0.25) is 0 Å². The van der Waals surface area contributed by atoms with Gasteiger partial charge in [0.1, 0.15) is 0 Å². The second-order valence-corrected chi connectivity index (χ2v) is 8.08. The molecule has 112 valence electrons. The number of nitrogens with one attached hydrogen (secondary N) is 1. The standard InChI is InChI=1S/C16H24ClNOS/c1-11-14(7-8-19-11)20-15-6-5-12(9-13(15)17)10-18-16(2,3)4/h5-6,9,11,14,18H,7-8,10H2,1-4H3. The van der Waals surface area contributed by atoms with Gasteiger partial charge >= 0.3 is 0 Å². The van der Waals surface area contributed by atoms with Crippen LogP contribution in [0.2, 0.25) is 5.02 Å². The number of halogens is 1. The number of benzene rings is 1. The molecule has 0 radical (unpaired) electrons. The van der Waals surface area contributed by atoms with Gasteiger partial charge in [0.05, 0.1) is 11.1 Å². The van der Waals surface area contributed by atoms with Crippen molar-refractivity contribution in [2.45, 2.75) is 62.4 Å². The highest BCUT2D eigenvalue weighted by molar-refractivity contribution is 8.00. The van der Waals surface area contributed by atoms with Gasteiger partial charge in [0.25, 0.3) is 0 Å². The van der Waals surface area contributed by atoms with Crippen molar-refractivity contribution in [3.63, 3.8) is 0 Å². The lowest BCUT2D eigenvalue weighted by Crippen LogP contribution is -2.35. The van der Waals surface area contributed by atoms with Crippen LogP contribution in [-0.2, 0) is 11.3 Å². The van der Waals surface area contributed by atoms with Crippen LogP contribution in [0.3, 0.4) is 0 Å². The van der Waals surface area contributed by atoms with Crippen LogP contribution in [0.4, 0.5) is 0 Å². The van der Waals surface area contributed by atoms with Crippen LogP contribution in [-0.4, -0.2) is 23.5 Å². The first-order valence-corrected chi connectivity index (χ1v) is 8.42. The molecule has 2 unspecified atom stereocenters. The van der Waals surface area contributed by atoms with Crippen molar-refractivity contribution >= 4 is 23.4 Å². The molecular weight excluding hydrogens is 290 g/mol. The maximum Gasteiger partial charge on any atom is 0.0669 e. The number of hydrogen-bond acceptors (Lipinski definition) is 3. The van der Waals surface area contributed by atoms with Crippen molar-refractivity contribution in [2.75, 3.05) is 6.61 Å². The van der Waals surface area contributed by atoms with Crippen LogP contribution in [0.15, 0.2) is 23.1 Å². The third-order valence-electron chi connectivity index (χ3n) is 3.40. The third kappa shape index (κ3) is 4.66. The second kappa shape index (κ2) is 6.69. The van der Waals surface area contributed by atoms with E-state index in [1.807, 2.05) is 11.8 Å². The largest absolute Gasteiger partial charge is 0.377 e. The van der Waals surface area contributed by atoms with Gasteiger partial charge in [0.15, 0.2) is 0 Å². The Balaban J connectivity index is 1.98. The summed E-state index contributed by atoms with van der Waals surface area (Å²) in [5, 5.41) is 4.85. The van der Waals surface area contributed by atoms with E-state index in [4.69, 9.17) is 16.3 Å². The van der Waals surface area contributed by atoms with E-state index in [0.29, 0.717) is 11.4 Å². The van der Waals surface area contributed by atoms with Gasteiger partial charge in [-0.25, -0.2) is 0 Å². The molecule has 1 aromatic carbocycles. The quantitative estimate of drug-likeness (QED) is 0.884. The number of hydrogen-bond donors (Lipinski definition) is 1. The van der Waals surface area contributed by atoms with Crippen LogP contribution in [0.1, 0.15) is 39.7 Å². The normalized spacial score (nSPS) is 23.2. The molecule has 2 atom stereocenters. The van der Waals surface area contributed by atoms with Gasteiger partial charge in [0.2, 0.25) is 0 Å².